The summed E-state index contributed by atoms with van der Waals surface area (Å²) >= 11 is 0. The number of hydrogen-bond donors (Lipinski definition) is 0. The van der Waals surface area contributed by atoms with Crippen molar-refractivity contribution in [3.8, 4) is 0 Å². The number of halogens is 6. The zero-order chi connectivity index (χ0) is 23.2. The third-order valence-corrected chi connectivity index (χ3v) is 8.72. The third-order valence-electron chi connectivity index (χ3n) is 2.97. The van der Waals surface area contributed by atoms with E-state index in [2.05, 4.69) is 8.37 Å². The molecule has 0 saturated heterocycles. The Morgan fingerprint density at radius 2 is 1.27 bits per heavy atom. The van der Waals surface area contributed by atoms with Crippen molar-refractivity contribution in [2.45, 2.75) is 31.1 Å². The van der Waals surface area contributed by atoms with Crippen LogP contribution in [-0.2, 0) is 31.6 Å². The highest BCUT2D eigenvalue weighted by Gasteiger charge is 2.52. The van der Waals surface area contributed by atoms with Crippen LogP contribution in [0.1, 0.15) is 13.8 Å². The van der Waals surface area contributed by atoms with Crippen molar-refractivity contribution in [3.63, 3.8) is 0 Å². The number of hydrogen-bond acceptors (Lipinski definition) is 7. The fourth-order valence-electron chi connectivity index (χ4n) is 1.92. The average Bonchev–Trinajstić information content (AvgIpc) is 2.60. The van der Waals surface area contributed by atoms with Crippen molar-refractivity contribution >= 4 is 30.1 Å². The lowest BCUT2D eigenvalue weighted by Crippen LogP contribution is -2.33. The molecule has 0 aromatic heterocycles. The van der Waals surface area contributed by atoms with Gasteiger partial charge < -0.3 is 17.4 Å². The molecule has 7 nitrogen and oxygen atoms in total. The zero-order valence-corrected chi connectivity index (χ0v) is 17.2. The molecule has 15 heteroatoms. The molecule has 0 aliphatic rings. The molecule has 0 bridgehead atoms. The Bertz CT molecular complexity index is 746. The quantitative estimate of drug-likeness (QED) is 0.354. The largest absolute Gasteiger partial charge is 0.492 e. The minimum absolute atomic E-state index is 0.317. The lowest BCUT2D eigenvalue weighted by molar-refractivity contribution is -0.193. The highest BCUT2D eigenvalue weighted by atomic mass is 32.3. The van der Waals surface area contributed by atoms with E-state index >= 15 is 0 Å². The average molecular weight is 486 g/mol. The Morgan fingerprint density at radius 1 is 0.867 bits per heavy atom. The molecule has 0 spiro atoms. The van der Waals surface area contributed by atoms with Gasteiger partial charge in [0, 0.05) is 0 Å². The first-order chi connectivity index (χ1) is 13.7. The summed E-state index contributed by atoms with van der Waals surface area (Å²) in [5, 5.41) is 0. The fraction of sp³-hybridized carbons (Fsp3) is 0.467. The van der Waals surface area contributed by atoms with Crippen molar-refractivity contribution in [1.29, 1.82) is 0 Å². The lowest BCUT2D eigenvalue weighted by atomic mass is 10.4. The second kappa shape index (κ2) is 10.0. The third kappa shape index (κ3) is 7.18. The van der Waals surface area contributed by atoms with E-state index in [-0.39, 0.29) is 13.2 Å². The van der Waals surface area contributed by atoms with E-state index in [0.29, 0.717) is 0 Å². The maximum atomic E-state index is 12.9. The summed E-state index contributed by atoms with van der Waals surface area (Å²) in [6.45, 7) is 2.02. The molecule has 0 N–H and O–H groups in total. The van der Waals surface area contributed by atoms with E-state index in [4.69, 9.17) is 9.05 Å². The first kappa shape index (κ1) is 26.3. The van der Waals surface area contributed by atoms with Crippen molar-refractivity contribution < 1.29 is 57.9 Å². The Morgan fingerprint density at radius 3 is 1.60 bits per heavy atom. The molecule has 0 aliphatic heterocycles. The van der Waals surface area contributed by atoms with Gasteiger partial charge in [-0.05, 0) is 26.0 Å². The summed E-state index contributed by atoms with van der Waals surface area (Å²) in [6.07, 6.45) is -11.3. The van der Waals surface area contributed by atoms with Crippen molar-refractivity contribution in [3.05, 3.63) is 30.3 Å². The highest BCUT2D eigenvalue weighted by Crippen LogP contribution is 2.69. The molecule has 0 aliphatic carbocycles. The van der Waals surface area contributed by atoms with Gasteiger partial charge in [0.05, 0.1) is 18.1 Å². The molecule has 30 heavy (non-hydrogen) atoms. The van der Waals surface area contributed by atoms with Crippen molar-refractivity contribution in [2.75, 3.05) is 18.7 Å². The smallest absolute Gasteiger partial charge is 0.331 e. The summed E-state index contributed by atoms with van der Waals surface area (Å²) in [7, 11) is -9.07. The van der Waals surface area contributed by atoms with E-state index in [1.54, 1.807) is 0 Å². The van der Waals surface area contributed by atoms with E-state index in [1.807, 2.05) is 0 Å². The zero-order valence-electron chi connectivity index (χ0n) is 15.5. The molecule has 172 valence electrons. The van der Waals surface area contributed by atoms with Gasteiger partial charge in [-0.1, -0.05) is 28.8 Å². The Hall–Kier alpha value is -1.76. The molecular formula is C15H17F6O7PS. The monoisotopic (exact) mass is 486 g/mol. The molecule has 1 aromatic carbocycles. The number of carbonyl (C=O) groups excluding carboxylic acids is 2. The summed E-state index contributed by atoms with van der Waals surface area (Å²) in [5.41, 5.74) is -1.38. The number of benzene rings is 1. The fourth-order valence-corrected chi connectivity index (χ4v) is 7.54. The van der Waals surface area contributed by atoms with Gasteiger partial charge in [0.2, 0.25) is 0 Å². The minimum Gasteiger partial charge on any atom is -0.331 e. The Balaban J connectivity index is 3.66. The maximum Gasteiger partial charge on any atom is 0.492 e. The molecule has 0 unspecified atom stereocenters. The topological polar surface area (TPSA) is 88.1 Å². The van der Waals surface area contributed by atoms with Crippen LogP contribution in [0.15, 0.2) is 35.2 Å². The van der Waals surface area contributed by atoms with E-state index in [9.17, 15) is 40.5 Å². The molecule has 0 heterocycles. The van der Waals surface area contributed by atoms with Crippen LogP contribution in [0.3, 0.4) is 0 Å². The number of alkyl halides is 6. The standard InChI is InChI=1S/C15H17F6O7PS/c1-3-25-29(24,26-4-2)10-30(11-8-6-5-7-9-11,27-12(22)14(16,17)18)28-13(23)15(19,20)21/h5-9H,3-4,10H2,1-2H3. The van der Waals surface area contributed by atoms with Crippen LogP contribution in [0.4, 0.5) is 26.3 Å². The first-order valence-electron chi connectivity index (χ1n) is 8.04. The summed E-state index contributed by atoms with van der Waals surface area (Å²) in [6, 6.07) is 5.59. The molecule has 0 radical (unpaired) electrons. The second-order valence-corrected chi connectivity index (χ2v) is 10.0. The highest BCUT2D eigenvalue weighted by molar-refractivity contribution is 8.29. The second-order valence-electron chi connectivity index (χ2n) is 5.24. The predicted molar refractivity (Wildman–Crippen MR) is 92.3 cm³/mol. The van der Waals surface area contributed by atoms with Gasteiger partial charge in [0.1, 0.15) is 0 Å². The van der Waals surface area contributed by atoms with Crippen LogP contribution in [0.5, 0.6) is 0 Å². The van der Waals surface area contributed by atoms with Crippen molar-refractivity contribution in [1.82, 2.24) is 0 Å². The summed E-state index contributed by atoms with van der Waals surface area (Å²) in [4.78, 5) is 22.5. The molecule has 0 fully saturated rings. The van der Waals surface area contributed by atoms with Crippen LogP contribution in [0, 0.1) is 0 Å². The van der Waals surface area contributed by atoms with Crippen LogP contribution in [0.25, 0.3) is 0 Å². The predicted octanol–water partition coefficient (Wildman–Crippen LogP) is 5.11. The number of rotatable bonds is 9. The van der Waals surface area contributed by atoms with Gasteiger partial charge in [0.25, 0.3) is 0 Å². The SMILES string of the molecule is CCOP(=O)(CS(OC(=O)C(F)(F)F)(OC(=O)C(F)(F)F)c1ccccc1)OCC. The van der Waals surface area contributed by atoms with E-state index < -0.39 is 52.9 Å². The lowest BCUT2D eigenvalue weighted by Gasteiger charge is -2.42. The maximum absolute atomic E-state index is 12.9. The molecule has 1 aromatic rings. The number of carbonyl (C=O) groups is 2. The van der Waals surface area contributed by atoms with Crippen molar-refractivity contribution in [2.24, 2.45) is 0 Å². The normalized spacial score (nSPS) is 13.6. The molecule has 1 rings (SSSR count). The Labute approximate surface area is 168 Å². The van der Waals surface area contributed by atoms with Gasteiger partial charge in [0.15, 0.2) is 5.49 Å². The van der Waals surface area contributed by atoms with Crippen LogP contribution in [0.2, 0.25) is 0 Å². The summed E-state index contributed by atoms with van der Waals surface area (Å²) in [5.74, 6) is -5.90. The Kier molecular flexibility index (Phi) is 8.79. The molecular weight excluding hydrogens is 469 g/mol. The van der Waals surface area contributed by atoms with E-state index in [1.165, 1.54) is 32.0 Å². The van der Waals surface area contributed by atoms with Crippen LogP contribution < -0.4 is 0 Å². The van der Waals surface area contributed by atoms with Crippen LogP contribution >= 0.6 is 18.2 Å². The summed E-state index contributed by atoms with van der Waals surface area (Å²) < 4.78 is 108. The van der Waals surface area contributed by atoms with E-state index in [0.717, 1.165) is 12.1 Å². The van der Waals surface area contributed by atoms with Gasteiger partial charge in [-0.2, -0.15) is 26.3 Å². The van der Waals surface area contributed by atoms with Gasteiger partial charge in [-0.25, -0.2) is 9.59 Å². The molecule has 0 atom stereocenters. The molecule has 0 saturated carbocycles. The minimum atomic E-state index is -5.65. The van der Waals surface area contributed by atoms with Gasteiger partial charge in [-0.15, -0.1) is 0 Å². The molecule has 0 amide bonds. The first-order valence-corrected chi connectivity index (χ1v) is 11.4. The van der Waals surface area contributed by atoms with Gasteiger partial charge in [-0.3, -0.25) is 4.57 Å². The van der Waals surface area contributed by atoms with Gasteiger partial charge >= 0.3 is 31.9 Å². The van der Waals surface area contributed by atoms with Crippen LogP contribution in [-0.4, -0.2) is 43.0 Å².